The molecule has 0 bridgehead atoms. The zero-order chi connectivity index (χ0) is 14.8. The summed E-state index contributed by atoms with van der Waals surface area (Å²) in [5.74, 6) is 0. The van der Waals surface area contributed by atoms with Crippen LogP contribution in [0.1, 0.15) is 36.9 Å². The van der Waals surface area contributed by atoms with Gasteiger partial charge in [-0.25, -0.2) is 0 Å². The zero-order valence-corrected chi connectivity index (χ0v) is 13.5. The number of para-hydroxylation sites is 1. The first-order valence-corrected chi connectivity index (χ1v) is 8.95. The predicted molar refractivity (Wildman–Crippen MR) is 92.3 cm³/mol. The summed E-state index contributed by atoms with van der Waals surface area (Å²) in [6.45, 7) is 7.20. The number of hydrogen-bond donors (Lipinski definition) is 1. The summed E-state index contributed by atoms with van der Waals surface area (Å²) >= 11 is 0. The fraction of sp³-hybridized carbons (Fsp3) is 0.579. The third kappa shape index (κ3) is 2.68. The first-order valence-electron chi connectivity index (χ1n) is 8.95. The summed E-state index contributed by atoms with van der Waals surface area (Å²) in [4.78, 5) is 2.65. The van der Waals surface area contributed by atoms with Crippen LogP contribution in [-0.2, 0) is 19.5 Å². The first-order chi connectivity index (χ1) is 10.9. The molecule has 4 rings (SSSR count). The Hall–Kier alpha value is -1.32. The molecule has 3 heteroatoms. The molecular weight excluding hydrogens is 270 g/mol. The van der Waals surface area contributed by atoms with Gasteiger partial charge < -0.3 is 14.8 Å². The van der Waals surface area contributed by atoms with Crippen molar-refractivity contribution >= 4 is 10.9 Å². The van der Waals surface area contributed by atoms with Gasteiger partial charge in [0.05, 0.1) is 0 Å². The maximum absolute atomic E-state index is 3.55. The van der Waals surface area contributed by atoms with Gasteiger partial charge in [-0.05, 0) is 63.5 Å². The van der Waals surface area contributed by atoms with E-state index in [1.807, 2.05) is 0 Å². The van der Waals surface area contributed by atoms with E-state index in [1.165, 1.54) is 68.3 Å². The molecule has 3 heterocycles. The lowest BCUT2D eigenvalue weighted by Gasteiger charge is -2.26. The molecule has 118 valence electrons. The van der Waals surface area contributed by atoms with Gasteiger partial charge in [-0.15, -0.1) is 0 Å². The SMILES string of the molecule is c1ccc2c(c1)c1c(n2CCCN2CCCCC2)CNCC1. The first kappa shape index (κ1) is 14.3. The predicted octanol–water partition coefficient (Wildman–Crippen LogP) is 3.16. The van der Waals surface area contributed by atoms with Crippen LogP contribution in [0.25, 0.3) is 10.9 Å². The van der Waals surface area contributed by atoms with Crippen molar-refractivity contribution in [3.05, 3.63) is 35.5 Å². The number of piperidine rings is 1. The molecule has 1 saturated heterocycles. The van der Waals surface area contributed by atoms with E-state index in [9.17, 15) is 0 Å². The van der Waals surface area contributed by atoms with Gasteiger partial charge in [-0.2, -0.15) is 0 Å². The van der Waals surface area contributed by atoms with Crippen molar-refractivity contribution in [1.82, 2.24) is 14.8 Å². The molecule has 0 aliphatic carbocycles. The van der Waals surface area contributed by atoms with Crippen molar-refractivity contribution in [1.29, 1.82) is 0 Å². The van der Waals surface area contributed by atoms with Crippen LogP contribution < -0.4 is 5.32 Å². The standard InChI is InChI=1S/C19H27N3/c1-4-11-21(12-5-1)13-6-14-22-18-8-3-2-7-16(18)17-9-10-20-15-19(17)22/h2-3,7-8,20H,1,4-6,9-15H2. The maximum atomic E-state index is 3.55. The molecule has 0 atom stereocenters. The van der Waals surface area contributed by atoms with E-state index < -0.39 is 0 Å². The Balaban J connectivity index is 1.53. The summed E-state index contributed by atoms with van der Waals surface area (Å²) < 4.78 is 2.58. The van der Waals surface area contributed by atoms with E-state index in [0.717, 1.165) is 19.6 Å². The molecule has 0 amide bonds. The minimum Gasteiger partial charge on any atom is -0.343 e. The fourth-order valence-electron chi connectivity index (χ4n) is 4.22. The number of aryl methyl sites for hydroxylation is 1. The zero-order valence-electron chi connectivity index (χ0n) is 13.5. The highest BCUT2D eigenvalue weighted by Gasteiger charge is 2.19. The second kappa shape index (κ2) is 6.43. The van der Waals surface area contributed by atoms with Crippen LogP contribution in [0, 0.1) is 0 Å². The number of likely N-dealkylation sites (tertiary alicyclic amines) is 1. The molecule has 1 aromatic heterocycles. The van der Waals surface area contributed by atoms with E-state index >= 15 is 0 Å². The van der Waals surface area contributed by atoms with Crippen molar-refractivity contribution in [2.45, 2.75) is 45.2 Å². The Kier molecular flexibility index (Phi) is 4.17. The molecule has 1 N–H and O–H groups in total. The van der Waals surface area contributed by atoms with Crippen LogP contribution in [0.4, 0.5) is 0 Å². The highest BCUT2D eigenvalue weighted by Crippen LogP contribution is 2.28. The Bertz CT molecular complexity index is 637. The second-order valence-electron chi connectivity index (χ2n) is 6.78. The summed E-state index contributed by atoms with van der Waals surface area (Å²) in [5, 5.41) is 5.03. The number of aromatic nitrogens is 1. The lowest BCUT2D eigenvalue weighted by atomic mass is 10.1. The molecule has 1 fully saturated rings. The van der Waals surface area contributed by atoms with Crippen LogP contribution in [0.15, 0.2) is 24.3 Å². The number of nitrogens with one attached hydrogen (secondary N) is 1. The molecule has 0 spiro atoms. The minimum absolute atomic E-state index is 1.04. The van der Waals surface area contributed by atoms with Gasteiger partial charge in [0.25, 0.3) is 0 Å². The molecule has 0 unspecified atom stereocenters. The quantitative estimate of drug-likeness (QED) is 0.935. The molecule has 0 radical (unpaired) electrons. The second-order valence-corrected chi connectivity index (χ2v) is 6.78. The smallest absolute Gasteiger partial charge is 0.0485 e. The van der Waals surface area contributed by atoms with Crippen molar-refractivity contribution in [3.63, 3.8) is 0 Å². The highest BCUT2D eigenvalue weighted by molar-refractivity contribution is 5.85. The summed E-state index contributed by atoms with van der Waals surface area (Å²) in [6.07, 6.45) is 6.66. The van der Waals surface area contributed by atoms with E-state index in [0.29, 0.717) is 0 Å². The maximum Gasteiger partial charge on any atom is 0.0485 e. The van der Waals surface area contributed by atoms with Gasteiger partial charge in [0, 0.05) is 29.7 Å². The molecule has 22 heavy (non-hydrogen) atoms. The van der Waals surface area contributed by atoms with Crippen LogP contribution in [0.3, 0.4) is 0 Å². The van der Waals surface area contributed by atoms with Gasteiger partial charge in [0.2, 0.25) is 0 Å². The van der Waals surface area contributed by atoms with Crippen LogP contribution in [-0.4, -0.2) is 35.6 Å². The summed E-state index contributed by atoms with van der Waals surface area (Å²) in [7, 11) is 0. The molecule has 2 aliphatic heterocycles. The molecular formula is C19H27N3. The number of fused-ring (bicyclic) bond motifs is 3. The van der Waals surface area contributed by atoms with Gasteiger partial charge in [0.15, 0.2) is 0 Å². The molecule has 0 saturated carbocycles. The van der Waals surface area contributed by atoms with Crippen molar-refractivity contribution in [2.24, 2.45) is 0 Å². The lowest BCUT2D eigenvalue weighted by Crippen LogP contribution is -2.31. The summed E-state index contributed by atoms with van der Waals surface area (Å²) in [5.41, 5.74) is 4.56. The van der Waals surface area contributed by atoms with E-state index in [2.05, 4.69) is 39.0 Å². The van der Waals surface area contributed by atoms with Gasteiger partial charge >= 0.3 is 0 Å². The summed E-state index contributed by atoms with van der Waals surface area (Å²) in [6, 6.07) is 8.97. The highest BCUT2D eigenvalue weighted by atomic mass is 15.1. The van der Waals surface area contributed by atoms with Crippen molar-refractivity contribution in [3.8, 4) is 0 Å². The minimum atomic E-state index is 1.04. The van der Waals surface area contributed by atoms with E-state index in [4.69, 9.17) is 0 Å². The Morgan fingerprint density at radius 2 is 1.86 bits per heavy atom. The Labute approximate surface area is 133 Å². The van der Waals surface area contributed by atoms with Gasteiger partial charge in [0.1, 0.15) is 0 Å². The largest absolute Gasteiger partial charge is 0.343 e. The number of benzene rings is 1. The third-order valence-electron chi connectivity index (χ3n) is 5.34. The Morgan fingerprint density at radius 3 is 2.77 bits per heavy atom. The molecule has 2 aliphatic rings. The molecule has 3 nitrogen and oxygen atoms in total. The average molecular weight is 297 g/mol. The van der Waals surface area contributed by atoms with Gasteiger partial charge in [-0.1, -0.05) is 24.6 Å². The van der Waals surface area contributed by atoms with Crippen LogP contribution >= 0.6 is 0 Å². The monoisotopic (exact) mass is 297 g/mol. The lowest BCUT2D eigenvalue weighted by molar-refractivity contribution is 0.223. The molecule has 2 aromatic rings. The number of rotatable bonds is 4. The fourth-order valence-corrected chi connectivity index (χ4v) is 4.22. The number of hydrogen-bond acceptors (Lipinski definition) is 2. The number of nitrogens with zero attached hydrogens (tertiary/aromatic N) is 2. The third-order valence-corrected chi connectivity index (χ3v) is 5.34. The Morgan fingerprint density at radius 1 is 1.00 bits per heavy atom. The van der Waals surface area contributed by atoms with Crippen LogP contribution in [0.5, 0.6) is 0 Å². The van der Waals surface area contributed by atoms with Crippen molar-refractivity contribution < 1.29 is 0 Å². The van der Waals surface area contributed by atoms with Gasteiger partial charge in [-0.3, -0.25) is 0 Å². The average Bonchev–Trinajstić information content (AvgIpc) is 2.91. The van der Waals surface area contributed by atoms with Crippen molar-refractivity contribution in [2.75, 3.05) is 26.2 Å². The van der Waals surface area contributed by atoms with E-state index in [1.54, 1.807) is 5.56 Å². The topological polar surface area (TPSA) is 20.2 Å². The molecule has 1 aromatic carbocycles. The normalized spacial score (nSPS) is 19.5. The van der Waals surface area contributed by atoms with E-state index in [-0.39, 0.29) is 0 Å². The van der Waals surface area contributed by atoms with Crippen LogP contribution in [0.2, 0.25) is 0 Å².